The van der Waals surface area contributed by atoms with Crippen LogP contribution >= 0.6 is 11.3 Å². The van der Waals surface area contributed by atoms with Crippen molar-refractivity contribution in [1.29, 1.82) is 0 Å². The summed E-state index contributed by atoms with van der Waals surface area (Å²) < 4.78 is 4.00. The summed E-state index contributed by atoms with van der Waals surface area (Å²) >= 11 is 1.95. The molecule has 3 aromatic heterocycles. The molecule has 1 unspecified atom stereocenters. The number of fused-ring (bicyclic) bond motifs is 11. The Hall–Kier alpha value is -6.68. The Morgan fingerprint density at radius 1 is 0.567 bits per heavy atom. The Balaban J connectivity index is 1.01. The standard InChI is InChI=1S/C57H44N2S/c1-36(47(38-19-10-5-11-20-38)31-37-17-8-4-9-18-37)39-28-30-50-48(33-39)52-45-25-16-26-46-53-49-34-41-32-44(58(42-21-12-6-13-22-42)43-23-14-7-15-24-43)29-27-40(41)35-51(49)60-56(53)59(54(45)46)55(52)57(50,2)3/h4-30,32-36,47H,31H2,1-3H3/t36-,47?/m1/s1. The van der Waals surface area contributed by atoms with E-state index < -0.39 is 0 Å². The van der Waals surface area contributed by atoms with Crippen molar-refractivity contribution in [2.24, 2.45) is 0 Å². The second-order valence-electron chi connectivity index (χ2n) is 17.4. The molecule has 3 heteroatoms. The molecule has 0 spiro atoms. The van der Waals surface area contributed by atoms with Gasteiger partial charge < -0.3 is 9.30 Å². The summed E-state index contributed by atoms with van der Waals surface area (Å²) in [4.78, 5) is 3.71. The molecule has 3 heterocycles. The van der Waals surface area contributed by atoms with Gasteiger partial charge in [-0.3, -0.25) is 0 Å². The molecule has 0 aliphatic heterocycles. The quantitative estimate of drug-likeness (QED) is 0.149. The van der Waals surface area contributed by atoms with Crippen LogP contribution in [0.4, 0.5) is 17.1 Å². The number of benzene rings is 8. The highest BCUT2D eigenvalue weighted by atomic mass is 32.1. The van der Waals surface area contributed by atoms with Crippen LogP contribution in [0.15, 0.2) is 188 Å². The smallest absolute Gasteiger partial charge is 0.109 e. The molecule has 12 rings (SSSR count). The van der Waals surface area contributed by atoms with Gasteiger partial charge in [-0.1, -0.05) is 160 Å². The van der Waals surface area contributed by atoms with Gasteiger partial charge in [-0.2, -0.15) is 0 Å². The molecule has 2 nitrogen and oxygen atoms in total. The van der Waals surface area contributed by atoms with Crippen molar-refractivity contribution >= 4 is 75.8 Å². The predicted octanol–water partition coefficient (Wildman–Crippen LogP) is 16.0. The fourth-order valence-electron chi connectivity index (χ4n) is 10.7. The first-order valence-corrected chi connectivity index (χ1v) is 22.1. The number of anilines is 3. The number of para-hydroxylation sites is 3. The lowest BCUT2D eigenvalue weighted by molar-refractivity contribution is 0.571. The Bertz CT molecular complexity index is 3340. The highest BCUT2D eigenvalue weighted by Crippen LogP contribution is 2.57. The summed E-state index contributed by atoms with van der Waals surface area (Å²) in [7, 11) is 0. The molecule has 11 aromatic rings. The Morgan fingerprint density at radius 2 is 1.23 bits per heavy atom. The number of rotatable bonds is 8. The first-order valence-electron chi connectivity index (χ1n) is 21.3. The van der Waals surface area contributed by atoms with E-state index in [0.29, 0.717) is 11.8 Å². The summed E-state index contributed by atoms with van der Waals surface area (Å²) in [6.07, 6.45) is 1.01. The first-order chi connectivity index (χ1) is 29.4. The summed E-state index contributed by atoms with van der Waals surface area (Å²) in [5.41, 5.74) is 14.5. The van der Waals surface area contributed by atoms with E-state index in [-0.39, 0.29) is 5.41 Å². The van der Waals surface area contributed by atoms with Crippen molar-refractivity contribution < 1.29 is 0 Å². The van der Waals surface area contributed by atoms with E-state index in [1.54, 1.807) is 0 Å². The van der Waals surface area contributed by atoms with Crippen molar-refractivity contribution in [3.05, 3.63) is 216 Å². The maximum atomic E-state index is 2.66. The molecule has 1 aliphatic rings. The minimum atomic E-state index is -0.165. The van der Waals surface area contributed by atoms with Gasteiger partial charge in [0, 0.05) is 60.0 Å². The minimum absolute atomic E-state index is 0.165. The zero-order chi connectivity index (χ0) is 40.1. The lowest BCUT2D eigenvalue weighted by Crippen LogP contribution is -2.18. The molecule has 0 fully saturated rings. The Morgan fingerprint density at radius 3 is 1.95 bits per heavy atom. The van der Waals surface area contributed by atoms with Crippen molar-refractivity contribution in [2.45, 2.75) is 44.4 Å². The highest BCUT2D eigenvalue weighted by molar-refractivity contribution is 7.25. The van der Waals surface area contributed by atoms with E-state index >= 15 is 0 Å². The van der Waals surface area contributed by atoms with Crippen molar-refractivity contribution in [1.82, 2.24) is 4.40 Å². The van der Waals surface area contributed by atoms with Gasteiger partial charge in [0.25, 0.3) is 0 Å². The normalized spacial score (nSPS) is 14.3. The van der Waals surface area contributed by atoms with E-state index in [2.05, 4.69) is 218 Å². The van der Waals surface area contributed by atoms with Crippen LogP contribution in [0.1, 0.15) is 60.6 Å². The van der Waals surface area contributed by atoms with E-state index in [9.17, 15) is 0 Å². The molecular formula is C57H44N2S. The third kappa shape index (κ3) is 5.25. The maximum Gasteiger partial charge on any atom is 0.109 e. The van der Waals surface area contributed by atoms with Gasteiger partial charge in [0.2, 0.25) is 0 Å². The summed E-state index contributed by atoms with van der Waals surface area (Å²) in [6.45, 7) is 7.32. The molecule has 0 radical (unpaired) electrons. The van der Waals surface area contributed by atoms with E-state index in [4.69, 9.17) is 0 Å². The van der Waals surface area contributed by atoms with Gasteiger partial charge in [0.15, 0.2) is 0 Å². The third-order valence-electron chi connectivity index (χ3n) is 13.6. The number of thiophene rings is 1. The molecule has 0 saturated carbocycles. The lowest BCUT2D eigenvalue weighted by atomic mass is 9.77. The van der Waals surface area contributed by atoms with Gasteiger partial charge in [0.05, 0.1) is 5.52 Å². The second kappa shape index (κ2) is 13.4. The van der Waals surface area contributed by atoms with E-state index in [1.807, 2.05) is 11.3 Å². The second-order valence-corrected chi connectivity index (χ2v) is 18.4. The monoisotopic (exact) mass is 788 g/mol. The number of hydrogen-bond acceptors (Lipinski definition) is 2. The van der Waals surface area contributed by atoms with Gasteiger partial charge in [-0.05, 0) is 105 Å². The fraction of sp³-hybridized carbons (Fsp3) is 0.123. The molecule has 288 valence electrons. The largest absolute Gasteiger partial charge is 0.310 e. The van der Waals surface area contributed by atoms with Crippen LogP contribution in [-0.2, 0) is 11.8 Å². The molecule has 0 N–H and O–H groups in total. The van der Waals surface area contributed by atoms with Crippen molar-refractivity contribution in [3.63, 3.8) is 0 Å². The van der Waals surface area contributed by atoms with E-state index in [0.717, 1.165) is 23.5 Å². The first kappa shape index (κ1) is 35.3. The zero-order valence-corrected chi connectivity index (χ0v) is 34.9. The summed E-state index contributed by atoms with van der Waals surface area (Å²) in [5.74, 6) is 0.693. The SMILES string of the molecule is C[C@H](c1ccc2c(c1)-c1c(n3c4sc5cc6ccc(N(c7ccccc7)c7ccccc7)cc6cc5c4c4cccc1c43)C2(C)C)C(Cc1ccccc1)c1ccccc1. The number of aromatic nitrogens is 1. The van der Waals surface area contributed by atoms with Gasteiger partial charge in [0.1, 0.15) is 4.83 Å². The molecule has 0 bridgehead atoms. The van der Waals surface area contributed by atoms with Crippen LogP contribution in [0.25, 0.3) is 58.5 Å². The van der Waals surface area contributed by atoms with Gasteiger partial charge in [-0.15, -0.1) is 11.3 Å². The van der Waals surface area contributed by atoms with Gasteiger partial charge >= 0.3 is 0 Å². The Kier molecular flexibility index (Phi) is 7.89. The molecule has 1 aliphatic carbocycles. The van der Waals surface area contributed by atoms with Crippen LogP contribution in [0.3, 0.4) is 0 Å². The van der Waals surface area contributed by atoms with Crippen LogP contribution in [-0.4, -0.2) is 4.40 Å². The molecule has 0 amide bonds. The van der Waals surface area contributed by atoms with Crippen molar-refractivity contribution in [2.75, 3.05) is 4.90 Å². The van der Waals surface area contributed by atoms with E-state index in [1.165, 1.54) is 86.4 Å². The molecule has 2 atom stereocenters. The van der Waals surface area contributed by atoms with Crippen LogP contribution < -0.4 is 4.90 Å². The predicted molar refractivity (Wildman–Crippen MR) is 256 cm³/mol. The third-order valence-corrected chi connectivity index (χ3v) is 14.7. The topological polar surface area (TPSA) is 7.65 Å². The van der Waals surface area contributed by atoms with Gasteiger partial charge in [-0.25, -0.2) is 0 Å². The fourth-order valence-corrected chi connectivity index (χ4v) is 11.9. The Labute approximate surface area is 354 Å². The number of nitrogens with zero attached hydrogens (tertiary/aromatic N) is 2. The van der Waals surface area contributed by atoms with Crippen LogP contribution in [0, 0.1) is 0 Å². The molecule has 8 aromatic carbocycles. The van der Waals surface area contributed by atoms with Crippen LogP contribution in [0.5, 0.6) is 0 Å². The average Bonchev–Trinajstić information content (AvgIpc) is 4.00. The molecule has 0 saturated heterocycles. The minimum Gasteiger partial charge on any atom is -0.310 e. The molecule has 60 heavy (non-hydrogen) atoms. The van der Waals surface area contributed by atoms with Crippen LogP contribution in [0.2, 0.25) is 0 Å². The average molecular weight is 789 g/mol. The number of hydrogen-bond donors (Lipinski definition) is 0. The highest BCUT2D eigenvalue weighted by Gasteiger charge is 2.42. The van der Waals surface area contributed by atoms with Crippen molar-refractivity contribution in [3.8, 4) is 11.1 Å². The maximum absolute atomic E-state index is 2.66. The molecular weight excluding hydrogens is 745 g/mol. The lowest BCUT2D eigenvalue weighted by Gasteiger charge is -2.27. The zero-order valence-electron chi connectivity index (χ0n) is 34.1. The summed E-state index contributed by atoms with van der Waals surface area (Å²) in [5, 5.41) is 7.94. The summed E-state index contributed by atoms with van der Waals surface area (Å²) in [6, 6.07) is 69.8.